The molecule has 0 aliphatic carbocycles. The van der Waals surface area contributed by atoms with Gasteiger partial charge in [-0.15, -0.1) is 0 Å². The van der Waals surface area contributed by atoms with E-state index in [0.717, 1.165) is 32.7 Å². The van der Waals surface area contributed by atoms with Crippen molar-refractivity contribution in [1.82, 2.24) is 4.90 Å². The Kier molecular flexibility index (Phi) is 3.98. The average molecular weight is 173 g/mol. The van der Waals surface area contributed by atoms with E-state index in [1.54, 1.807) is 0 Å². The summed E-state index contributed by atoms with van der Waals surface area (Å²) in [4.78, 5) is 2.27. The molecule has 0 amide bonds. The molecule has 1 aliphatic rings. The fourth-order valence-corrected chi connectivity index (χ4v) is 1.62. The van der Waals surface area contributed by atoms with Gasteiger partial charge in [0.05, 0.1) is 12.2 Å². The van der Waals surface area contributed by atoms with Crippen molar-refractivity contribution in [2.45, 2.75) is 32.5 Å². The lowest BCUT2D eigenvalue weighted by molar-refractivity contribution is 0.0588. The first-order chi connectivity index (χ1) is 5.68. The van der Waals surface area contributed by atoms with Crippen LogP contribution in [0.1, 0.15) is 20.3 Å². The third-order valence-corrected chi connectivity index (χ3v) is 2.06. The standard InChI is InChI=1S/C9H19NO2/c1-8(11)6-10-4-3-5-12-9(2)7-10/h8-9,11H,3-7H2,1-2H3/t8-,9?/m0/s1. The van der Waals surface area contributed by atoms with E-state index in [9.17, 15) is 5.11 Å². The van der Waals surface area contributed by atoms with Gasteiger partial charge in [0.1, 0.15) is 0 Å². The van der Waals surface area contributed by atoms with Crippen LogP contribution in [0.3, 0.4) is 0 Å². The molecule has 72 valence electrons. The summed E-state index contributed by atoms with van der Waals surface area (Å²) in [7, 11) is 0. The van der Waals surface area contributed by atoms with E-state index in [1.807, 2.05) is 6.92 Å². The van der Waals surface area contributed by atoms with Crippen LogP contribution in [0.25, 0.3) is 0 Å². The molecule has 1 aliphatic heterocycles. The lowest BCUT2D eigenvalue weighted by atomic mass is 10.3. The number of hydrogen-bond acceptors (Lipinski definition) is 3. The predicted molar refractivity (Wildman–Crippen MR) is 48.2 cm³/mol. The summed E-state index contributed by atoms with van der Waals surface area (Å²) >= 11 is 0. The van der Waals surface area contributed by atoms with Gasteiger partial charge in [-0.05, 0) is 20.3 Å². The first kappa shape index (κ1) is 9.96. The zero-order valence-corrected chi connectivity index (χ0v) is 7.99. The largest absolute Gasteiger partial charge is 0.392 e. The summed E-state index contributed by atoms with van der Waals surface area (Å²) in [6, 6.07) is 0. The van der Waals surface area contributed by atoms with Gasteiger partial charge in [-0.2, -0.15) is 0 Å². The summed E-state index contributed by atoms with van der Waals surface area (Å²) < 4.78 is 5.49. The van der Waals surface area contributed by atoms with Crippen LogP contribution in [0.5, 0.6) is 0 Å². The topological polar surface area (TPSA) is 32.7 Å². The molecule has 0 aromatic heterocycles. The van der Waals surface area contributed by atoms with Gasteiger partial charge in [-0.3, -0.25) is 4.90 Å². The molecule has 1 rings (SSSR count). The number of aliphatic hydroxyl groups excluding tert-OH is 1. The molecule has 2 atom stereocenters. The highest BCUT2D eigenvalue weighted by Gasteiger charge is 2.15. The highest BCUT2D eigenvalue weighted by atomic mass is 16.5. The number of aliphatic hydroxyl groups is 1. The zero-order valence-electron chi connectivity index (χ0n) is 7.99. The molecular formula is C9H19NO2. The fourth-order valence-electron chi connectivity index (χ4n) is 1.62. The van der Waals surface area contributed by atoms with Crippen LogP contribution in [0.4, 0.5) is 0 Å². The Hall–Kier alpha value is -0.120. The quantitative estimate of drug-likeness (QED) is 0.659. The third kappa shape index (κ3) is 3.52. The maximum atomic E-state index is 9.20. The Bertz CT molecular complexity index is 128. The second-order valence-corrected chi connectivity index (χ2v) is 3.64. The Morgan fingerprint density at radius 3 is 3.08 bits per heavy atom. The fraction of sp³-hybridized carbons (Fsp3) is 1.00. The van der Waals surface area contributed by atoms with Crippen LogP contribution in [0.2, 0.25) is 0 Å². The SMILES string of the molecule is CC1CN(C[C@H](C)O)CCCO1. The molecule has 1 fully saturated rings. The summed E-state index contributed by atoms with van der Waals surface area (Å²) in [6.45, 7) is 7.54. The molecule has 0 bridgehead atoms. The van der Waals surface area contributed by atoms with Crippen LogP contribution >= 0.6 is 0 Å². The number of ether oxygens (including phenoxy) is 1. The third-order valence-electron chi connectivity index (χ3n) is 2.06. The molecule has 0 aromatic rings. The number of hydrogen-bond donors (Lipinski definition) is 1. The Morgan fingerprint density at radius 2 is 2.42 bits per heavy atom. The van der Waals surface area contributed by atoms with Crippen LogP contribution in [0.15, 0.2) is 0 Å². The number of rotatable bonds is 2. The Balaban J connectivity index is 2.31. The lowest BCUT2D eigenvalue weighted by Gasteiger charge is -2.22. The summed E-state index contributed by atoms with van der Waals surface area (Å²) in [5.74, 6) is 0. The minimum Gasteiger partial charge on any atom is -0.392 e. The van der Waals surface area contributed by atoms with E-state index >= 15 is 0 Å². The van der Waals surface area contributed by atoms with E-state index in [4.69, 9.17) is 4.74 Å². The molecule has 0 spiro atoms. The highest BCUT2D eigenvalue weighted by Crippen LogP contribution is 2.05. The van der Waals surface area contributed by atoms with Crippen molar-refractivity contribution >= 4 is 0 Å². The van der Waals surface area contributed by atoms with Crippen LogP contribution in [0, 0.1) is 0 Å². The molecule has 0 aromatic carbocycles. The molecule has 0 radical (unpaired) electrons. The smallest absolute Gasteiger partial charge is 0.0673 e. The predicted octanol–water partition coefficient (Wildman–Crippen LogP) is 0.478. The molecule has 1 unspecified atom stereocenters. The van der Waals surface area contributed by atoms with Gasteiger partial charge in [-0.1, -0.05) is 0 Å². The average Bonchev–Trinajstić information content (AvgIpc) is 2.12. The number of nitrogens with zero attached hydrogens (tertiary/aromatic N) is 1. The van der Waals surface area contributed by atoms with Crippen LogP contribution < -0.4 is 0 Å². The van der Waals surface area contributed by atoms with Crippen LogP contribution in [-0.2, 0) is 4.74 Å². The van der Waals surface area contributed by atoms with Gasteiger partial charge in [0.25, 0.3) is 0 Å². The Labute approximate surface area is 74.3 Å². The zero-order chi connectivity index (χ0) is 8.97. The lowest BCUT2D eigenvalue weighted by Crippen LogP contribution is -2.35. The van der Waals surface area contributed by atoms with Gasteiger partial charge in [0.2, 0.25) is 0 Å². The molecule has 3 heteroatoms. The van der Waals surface area contributed by atoms with Crippen molar-refractivity contribution in [2.24, 2.45) is 0 Å². The molecular weight excluding hydrogens is 154 g/mol. The molecule has 1 N–H and O–H groups in total. The molecule has 1 saturated heterocycles. The highest BCUT2D eigenvalue weighted by molar-refractivity contribution is 4.68. The monoisotopic (exact) mass is 173 g/mol. The van der Waals surface area contributed by atoms with Gasteiger partial charge in [-0.25, -0.2) is 0 Å². The van der Waals surface area contributed by atoms with E-state index in [-0.39, 0.29) is 6.10 Å². The molecule has 12 heavy (non-hydrogen) atoms. The minimum absolute atomic E-state index is 0.227. The second kappa shape index (κ2) is 4.80. The normalized spacial score (nSPS) is 29.8. The van der Waals surface area contributed by atoms with Crippen molar-refractivity contribution in [3.63, 3.8) is 0 Å². The van der Waals surface area contributed by atoms with Crippen molar-refractivity contribution in [3.8, 4) is 0 Å². The molecule has 1 heterocycles. The Morgan fingerprint density at radius 1 is 1.67 bits per heavy atom. The van der Waals surface area contributed by atoms with Crippen molar-refractivity contribution in [2.75, 3.05) is 26.2 Å². The molecule has 3 nitrogen and oxygen atoms in total. The second-order valence-electron chi connectivity index (χ2n) is 3.64. The van der Waals surface area contributed by atoms with E-state index in [2.05, 4.69) is 11.8 Å². The minimum atomic E-state index is -0.227. The first-order valence-electron chi connectivity index (χ1n) is 4.70. The van der Waals surface area contributed by atoms with Gasteiger partial charge in [0, 0.05) is 26.2 Å². The van der Waals surface area contributed by atoms with E-state index in [1.165, 1.54) is 0 Å². The van der Waals surface area contributed by atoms with E-state index < -0.39 is 0 Å². The van der Waals surface area contributed by atoms with Crippen molar-refractivity contribution in [3.05, 3.63) is 0 Å². The van der Waals surface area contributed by atoms with E-state index in [0.29, 0.717) is 6.10 Å². The van der Waals surface area contributed by atoms with Gasteiger partial charge < -0.3 is 9.84 Å². The summed E-state index contributed by atoms with van der Waals surface area (Å²) in [5, 5.41) is 9.20. The first-order valence-corrected chi connectivity index (χ1v) is 4.70. The maximum Gasteiger partial charge on any atom is 0.0673 e. The number of β-amino-alcohol motifs (C(OH)–C–C–N with tert-alkyl or cyclic N) is 1. The molecule has 0 saturated carbocycles. The van der Waals surface area contributed by atoms with Crippen molar-refractivity contribution in [1.29, 1.82) is 0 Å². The van der Waals surface area contributed by atoms with Crippen molar-refractivity contribution < 1.29 is 9.84 Å². The van der Waals surface area contributed by atoms with Gasteiger partial charge >= 0.3 is 0 Å². The summed E-state index contributed by atoms with van der Waals surface area (Å²) in [5.41, 5.74) is 0. The van der Waals surface area contributed by atoms with Crippen LogP contribution in [-0.4, -0.2) is 48.5 Å². The summed E-state index contributed by atoms with van der Waals surface area (Å²) in [6.07, 6.45) is 1.17. The maximum absolute atomic E-state index is 9.20. The van der Waals surface area contributed by atoms with Gasteiger partial charge in [0.15, 0.2) is 0 Å².